The number of aromatic carboxylic acids is 1. The van der Waals surface area contributed by atoms with Gasteiger partial charge in [-0.25, -0.2) is 0 Å². The van der Waals surface area contributed by atoms with Gasteiger partial charge in [-0.15, -0.1) is 10.2 Å². The van der Waals surface area contributed by atoms with Crippen LogP contribution in [0.1, 0.15) is 21.5 Å². The number of carboxylic acids is 1. The van der Waals surface area contributed by atoms with E-state index in [-0.39, 0.29) is 17.6 Å². The van der Waals surface area contributed by atoms with Crippen LogP contribution >= 0.6 is 23.1 Å². The van der Waals surface area contributed by atoms with Gasteiger partial charge in [0.05, 0.1) is 11.7 Å². The number of aromatic nitrogens is 2. The molecule has 0 aliphatic carbocycles. The molecule has 0 fully saturated rings. The Hall–Kier alpha value is -1.62. The number of thioether (sulfide) groups is 1. The van der Waals surface area contributed by atoms with Crippen LogP contribution in [-0.4, -0.2) is 33.0 Å². The number of fused-ring (bicyclic) bond motifs is 1. The largest absolute Gasteiger partial charge is 0.669 e. The molecule has 0 bridgehead atoms. The molecule has 1 aliphatic rings. The van der Waals surface area contributed by atoms with Gasteiger partial charge in [0.1, 0.15) is 5.51 Å². The molecule has 2 aromatic rings. The molecule has 7 nitrogen and oxygen atoms in total. The van der Waals surface area contributed by atoms with Crippen molar-refractivity contribution in [1.82, 2.24) is 10.2 Å². The van der Waals surface area contributed by atoms with Gasteiger partial charge >= 0.3 is 6.75 Å². The third kappa shape index (κ3) is 3.09. The molecule has 10 heteroatoms. The summed E-state index contributed by atoms with van der Waals surface area (Å²) in [5.74, 6) is -1.07. The maximum Gasteiger partial charge on any atom is 0.430 e. The summed E-state index contributed by atoms with van der Waals surface area (Å²) in [6.07, 6.45) is 0.380. The van der Waals surface area contributed by atoms with Crippen molar-refractivity contribution in [3.63, 3.8) is 0 Å². The first-order chi connectivity index (χ1) is 10.5. The number of rotatable bonds is 4. The number of carbonyl (C=O) groups excluding carboxylic acids is 1. The summed E-state index contributed by atoms with van der Waals surface area (Å²) in [4.78, 5) is 11.5. The fourth-order valence-corrected chi connectivity index (χ4v) is 3.78. The lowest BCUT2D eigenvalue weighted by Gasteiger charge is -2.38. The van der Waals surface area contributed by atoms with E-state index in [2.05, 4.69) is 10.2 Å². The number of nitrogens with zero attached hydrogens (tertiary/aromatic N) is 2. The Balaban J connectivity index is 1.95. The molecule has 116 valence electrons. The van der Waals surface area contributed by atoms with Crippen molar-refractivity contribution in [2.24, 2.45) is 0 Å². The Kier molecular flexibility index (Phi) is 4.08. The Bertz CT molecular complexity index is 708. The Morgan fingerprint density at radius 2 is 2.32 bits per heavy atom. The zero-order chi connectivity index (χ0) is 15.7. The van der Waals surface area contributed by atoms with Crippen LogP contribution in [0, 0.1) is 0 Å². The highest BCUT2D eigenvalue weighted by molar-refractivity contribution is 8.00. The van der Waals surface area contributed by atoms with Crippen molar-refractivity contribution in [2.75, 3.05) is 0 Å². The second-order valence-corrected chi connectivity index (χ2v) is 6.94. The van der Waals surface area contributed by atoms with E-state index < -0.39 is 12.7 Å². The van der Waals surface area contributed by atoms with Crippen LogP contribution in [0.3, 0.4) is 0 Å². The van der Waals surface area contributed by atoms with Crippen LogP contribution in [0.25, 0.3) is 0 Å². The molecule has 2 heterocycles. The average Bonchev–Trinajstić information content (AvgIpc) is 2.96. The second kappa shape index (κ2) is 5.88. The van der Waals surface area contributed by atoms with Crippen molar-refractivity contribution >= 4 is 35.8 Å². The van der Waals surface area contributed by atoms with E-state index in [1.54, 1.807) is 17.6 Å². The summed E-state index contributed by atoms with van der Waals surface area (Å²) in [6.45, 7) is -3.02. The third-order valence-corrected chi connectivity index (χ3v) is 5.23. The number of aryl methyl sites for hydroxylation is 1. The summed E-state index contributed by atoms with van der Waals surface area (Å²) in [5, 5.41) is 38.4. The lowest BCUT2D eigenvalue weighted by molar-refractivity contribution is -0.255. The van der Waals surface area contributed by atoms with Gasteiger partial charge in [-0.1, -0.05) is 41.6 Å². The first-order valence-corrected chi connectivity index (χ1v) is 8.37. The SMILES string of the molecule is O=C([O-])c1c(CSc2nncs2)ccc2c1O[B-](O)(O)CC2. The molecule has 1 aromatic heterocycles. The molecule has 0 atom stereocenters. The van der Waals surface area contributed by atoms with Crippen LogP contribution in [0.4, 0.5) is 0 Å². The Morgan fingerprint density at radius 3 is 3.00 bits per heavy atom. The molecular weight excluding hydrogens is 327 g/mol. The van der Waals surface area contributed by atoms with Crippen LogP contribution < -0.4 is 9.76 Å². The fraction of sp³-hybridized carbons (Fsp3) is 0.250. The smallest absolute Gasteiger partial charge is 0.430 e. The normalized spacial score (nSPS) is 15.9. The van der Waals surface area contributed by atoms with Gasteiger partial charge in [-0.05, 0) is 17.5 Å². The Morgan fingerprint density at radius 1 is 1.50 bits per heavy atom. The number of hydrogen-bond donors (Lipinski definition) is 2. The molecule has 2 N–H and O–H groups in total. The van der Waals surface area contributed by atoms with E-state index in [4.69, 9.17) is 4.65 Å². The average molecular weight is 338 g/mol. The van der Waals surface area contributed by atoms with E-state index >= 15 is 0 Å². The minimum atomic E-state index is -3.02. The lowest BCUT2D eigenvalue weighted by atomic mass is 9.70. The quantitative estimate of drug-likeness (QED) is 0.594. The topological polar surface area (TPSA) is 116 Å². The number of hydrogen-bond acceptors (Lipinski definition) is 9. The minimum absolute atomic E-state index is 0.00777. The standard InChI is InChI=1S/C12H12BN2O5S2/c16-11(17)9-8(5-21-12-15-14-6-22-12)2-1-7-3-4-13(18,19)20-10(7)9/h1-2,6,18-19H,3-5H2,(H,16,17)/q-1/p-1. The highest BCUT2D eigenvalue weighted by atomic mass is 32.2. The van der Waals surface area contributed by atoms with E-state index in [9.17, 15) is 19.9 Å². The van der Waals surface area contributed by atoms with Gasteiger partial charge < -0.3 is 24.6 Å². The van der Waals surface area contributed by atoms with Crippen molar-refractivity contribution in [3.05, 3.63) is 34.3 Å². The molecule has 3 rings (SSSR count). The third-order valence-electron chi connectivity index (χ3n) is 3.32. The zero-order valence-electron chi connectivity index (χ0n) is 11.3. The molecule has 1 aliphatic heterocycles. The maximum absolute atomic E-state index is 11.5. The summed E-state index contributed by atoms with van der Waals surface area (Å²) in [6, 6.07) is 3.43. The molecule has 0 spiro atoms. The highest BCUT2D eigenvalue weighted by Crippen LogP contribution is 2.36. The van der Waals surface area contributed by atoms with Gasteiger partial charge in [0.25, 0.3) is 0 Å². The van der Waals surface area contributed by atoms with Gasteiger partial charge in [0.2, 0.25) is 0 Å². The molecule has 0 radical (unpaired) electrons. The minimum Gasteiger partial charge on any atom is -0.669 e. The van der Waals surface area contributed by atoms with E-state index in [1.165, 1.54) is 23.1 Å². The number of carbonyl (C=O) groups is 1. The van der Waals surface area contributed by atoms with Crippen molar-refractivity contribution < 1.29 is 24.6 Å². The van der Waals surface area contributed by atoms with Crippen LogP contribution in [-0.2, 0) is 12.2 Å². The van der Waals surface area contributed by atoms with E-state index in [1.807, 2.05) is 0 Å². The molecule has 1 aromatic carbocycles. The molecule has 0 saturated carbocycles. The molecule has 0 unspecified atom stereocenters. The summed E-state index contributed by atoms with van der Waals surface area (Å²) in [7, 11) is 0. The van der Waals surface area contributed by atoms with Gasteiger partial charge in [-0.2, -0.15) is 0 Å². The van der Waals surface area contributed by atoms with Gasteiger partial charge in [0, 0.05) is 11.3 Å². The lowest BCUT2D eigenvalue weighted by Crippen LogP contribution is -2.46. The predicted molar refractivity (Wildman–Crippen MR) is 79.6 cm³/mol. The Labute approximate surface area is 134 Å². The fourth-order valence-electron chi connectivity index (χ4n) is 2.30. The van der Waals surface area contributed by atoms with Crippen molar-refractivity contribution in [3.8, 4) is 5.75 Å². The van der Waals surface area contributed by atoms with Crippen molar-refractivity contribution in [2.45, 2.75) is 22.8 Å². The summed E-state index contributed by atoms with van der Waals surface area (Å²) < 4.78 is 5.82. The zero-order valence-corrected chi connectivity index (χ0v) is 12.9. The van der Waals surface area contributed by atoms with Crippen LogP contribution in [0.15, 0.2) is 22.0 Å². The first kappa shape index (κ1) is 15.3. The van der Waals surface area contributed by atoms with E-state index in [0.29, 0.717) is 27.6 Å². The summed E-state index contributed by atoms with van der Waals surface area (Å²) >= 11 is 2.70. The van der Waals surface area contributed by atoms with Crippen molar-refractivity contribution in [1.29, 1.82) is 0 Å². The number of carboxylic acid groups (broad SMARTS) is 1. The van der Waals surface area contributed by atoms with Gasteiger partial charge in [-0.3, -0.25) is 0 Å². The van der Waals surface area contributed by atoms with Crippen LogP contribution in [0.2, 0.25) is 6.32 Å². The first-order valence-electron chi connectivity index (χ1n) is 6.50. The number of benzene rings is 1. The van der Waals surface area contributed by atoms with Gasteiger partial charge in [0.15, 0.2) is 4.34 Å². The second-order valence-electron chi connectivity index (χ2n) is 4.88. The maximum atomic E-state index is 11.5. The molecule has 0 amide bonds. The summed E-state index contributed by atoms with van der Waals surface area (Å²) in [5.41, 5.74) is 2.56. The molecule has 22 heavy (non-hydrogen) atoms. The monoisotopic (exact) mass is 338 g/mol. The molecular formula is C12H11BN2O5S2-2. The predicted octanol–water partition coefficient (Wildman–Crippen LogP) is 0.0523. The molecule has 0 saturated heterocycles. The van der Waals surface area contributed by atoms with Crippen LogP contribution in [0.5, 0.6) is 5.75 Å². The van der Waals surface area contributed by atoms with E-state index in [0.717, 1.165) is 0 Å². The highest BCUT2D eigenvalue weighted by Gasteiger charge is 2.30.